The lowest BCUT2D eigenvalue weighted by atomic mass is 9.92. The molecular formula is C27H33N3O3S. The molecule has 0 bridgehead atoms. The predicted octanol–water partition coefficient (Wildman–Crippen LogP) is 4.41. The van der Waals surface area contributed by atoms with Gasteiger partial charge < -0.3 is 15.4 Å². The third-order valence-electron chi connectivity index (χ3n) is 6.48. The number of sulfonamides is 1. The molecule has 1 fully saturated rings. The molecule has 1 aliphatic heterocycles. The smallest absolute Gasteiger partial charge is 0.264 e. The van der Waals surface area contributed by atoms with E-state index in [9.17, 15) is 8.42 Å². The maximum Gasteiger partial charge on any atom is 0.264 e. The van der Waals surface area contributed by atoms with E-state index < -0.39 is 10.0 Å². The number of methoxy groups -OCH3 is 1. The van der Waals surface area contributed by atoms with Gasteiger partial charge in [0.25, 0.3) is 10.0 Å². The van der Waals surface area contributed by atoms with Gasteiger partial charge in [0.15, 0.2) is 0 Å². The Labute approximate surface area is 203 Å². The minimum atomic E-state index is -3.66. The number of anilines is 1. The minimum absolute atomic E-state index is 0.230. The van der Waals surface area contributed by atoms with Crippen LogP contribution in [-0.2, 0) is 16.6 Å². The first-order chi connectivity index (χ1) is 16.4. The molecule has 2 atom stereocenters. The SMILES string of the molecule is COc1ccc(N(C)S(=O)(=O)c2ccc(C)cc2)cc1CN[C@@H]1CCCN[C@@H]1c1ccccc1. The van der Waals surface area contributed by atoms with Crippen molar-refractivity contribution >= 4 is 15.7 Å². The van der Waals surface area contributed by atoms with Crippen LogP contribution in [0.2, 0.25) is 0 Å². The number of ether oxygens (including phenoxy) is 1. The molecule has 6 nitrogen and oxygen atoms in total. The van der Waals surface area contributed by atoms with Gasteiger partial charge in [0.1, 0.15) is 5.75 Å². The molecule has 0 radical (unpaired) electrons. The van der Waals surface area contributed by atoms with Crippen molar-refractivity contribution in [3.63, 3.8) is 0 Å². The van der Waals surface area contributed by atoms with Crippen LogP contribution in [0.25, 0.3) is 0 Å². The average Bonchev–Trinajstić information content (AvgIpc) is 2.87. The molecule has 3 aromatic carbocycles. The molecule has 0 aliphatic carbocycles. The summed E-state index contributed by atoms with van der Waals surface area (Å²) in [5.74, 6) is 0.734. The van der Waals surface area contributed by atoms with Crippen molar-refractivity contribution in [3.05, 3.63) is 89.5 Å². The van der Waals surface area contributed by atoms with Crippen LogP contribution in [0.3, 0.4) is 0 Å². The Balaban J connectivity index is 1.55. The zero-order chi connectivity index (χ0) is 24.1. The highest BCUT2D eigenvalue weighted by molar-refractivity contribution is 7.92. The second kappa shape index (κ2) is 10.6. The maximum absolute atomic E-state index is 13.2. The molecule has 1 heterocycles. The van der Waals surface area contributed by atoms with Crippen LogP contribution in [0.5, 0.6) is 5.75 Å². The van der Waals surface area contributed by atoms with Crippen molar-refractivity contribution in [1.29, 1.82) is 0 Å². The summed E-state index contributed by atoms with van der Waals surface area (Å²) < 4.78 is 33.3. The Morgan fingerprint density at radius 1 is 1.06 bits per heavy atom. The molecule has 0 saturated carbocycles. The van der Waals surface area contributed by atoms with Gasteiger partial charge in [-0.1, -0.05) is 48.0 Å². The first-order valence-corrected chi connectivity index (χ1v) is 13.1. The van der Waals surface area contributed by atoms with E-state index in [0.29, 0.717) is 12.2 Å². The first-order valence-electron chi connectivity index (χ1n) is 11.6. The fourth-order valence-corrected chi connectivity index (χ4v) is 5.65. The van der Waals surface area contributed by atoms with E-state index in [2.05, 4.69) is 34.9 Å². The highest BCUT2D eigenvalue weighted by atomic mass is 32.2. The van der Waals surface area contributed by atoms with Gasteiger partial charge in [-0.2, -0.15) is 0 Å². The highest BCUT2D eigenvalue weighted by Crippen LogP contribution is 2.29. The number of benzene rings is 3. The number of nitrogens with one attached hydrogen (secondary N) is 2. The van der Waals surface area contributed by atoms with Crippen molar-refractivity contribution in [2.45, 2.75) is 43.3 Å². The lowest BCUT2D eigenvalue weighted by Gasteiger charge is -2.34. The van der Waals surface area contributed by atoms with Crippen molar-refractivity contribution in [2.24, 2.45) is 0 Å². The summed E-state index contributed by atoms with van der Waals surface area (Å²) >= 11 is 0. The number of hydrogen-bond acceptors (Lipinski definition) is 5. The van der Waals surface area contributed by atoms with Gasteiger partial charge >= 0.3 is 0 Å². The number of nitrogens with zero attached hydrogens (tertiary/aromatic N) is 1. The second-order valence-corrected chi connectivity index (χ2v) is 10.7. The summed E-state index contributed by atoms with van der Waals surface area (Å²) in [5, 5.41) is 7.33. The van der Waals surface area contributed by atoms with E-state index in [4.69, 9.17) is 4.74 Å². The molecule has 7 heteroatoms. The first kappa shape index (κ1) is 24.3. The maximum atomic E-state index is 13.2. The van der Waals surface area contributed by atoms with Crippen molar-refractivity contribution in [2.75, 3.05) is 25.0 Å². The Morgan fingerprint density at radius 2 is 1.79 bits per heavy atom. The molecule has 2 N–H and O–H groups in total. The van der Waals surface area contributed by atoms with Gasteiger partial charge in [-0.05, 0) is 62.2 Å². The van der Waals surface area contributed by atoms with Crippen molar-refractivity contribution in [3.8, 4) is 5.75 Å². The highest BCUT2D eigenvalue weighted by Gasteiger charge is 2.26. The molecule has 34 heavy (non-hydrogen) atoms. The van der Waals surface area contributed by atoms with Gasteiger partial charge in [-0.3, -0.25) is 4.31 Å². The monoisotopic (exact) mass is 479 g/mol. The third-order valence-corrected chi connectivity index (χ3v) is 8.28. The van der Waals surface area contributed by atoms with E-state index in [1.54, 1.807) is 32.4 Å². The number of rotatable bonds is 8. The molecule has 1 saturated heterocycles. The van der Waals surface area contributed by atoms with Crippen LogP contribution >= 0.6 is 0 Å². The fourth-order valence-electron chi connectivity index (χ4n) is 4.47. The fraction of sp³-hybridized carbons (Fsp3) is 0.333. The summed E-state index contributed by atoms with van der Waals surface area (Å²) in [5.41, 5.74) is 3.80. The Bertz CT molecular complexity index is 1200. The molecule has 0 spiro atoms. The van der Waals surface area contributed by atoms with Crippen LogP contribution in [0, 0.1) is 6.92 Å². The zero-order valence-corrected chi connectivity index (χ0v) is 20.8. The quantitative estimate of drug-likeness (QED) is 0.501. The van der Waals surface area contributed by atoms with Crippen molar-refractivity contribution in [1.82, 2.24) is 10.6 Å². The van der Waals surface area contributed by atoms with Crippen LogP contribution < -0.4 is 19.7 Å². The molecular weight excluding hydrogens is 446 g/mol. The van der Waals surface area contributed by atoms with E-state index in [-0.39, 0.29) is 17.0 Å². The molecule has 180 valence electrons. The summed E-state index contributed by atoms with van der Waals surface area (Å²) in [6.45, 7) is 3.51. The molecule has 3 aromatic rings. The number of piperidine rings is 1. The molecule has 0 aromatic heterocycles. The Hall–Kier alpha value is -2.87. The van der Waals surface area contributed by atoms with Crippen LogP contribution in [0.15, 0.2) is 77.7 Å². The molecule has 4 rings (SSSR count). The number of hydrogen-bond donors (Lipinski definition) is 2. The summed E-state index contributed by atoms with van der Waals surface area (Å²) in [6, 6.07) is 23.4. The van der Waals surface area contributed by atoms with Crippen LogP contribution in [-0.4, -0.2) is 35.2 Å². The normalized spacial score (nSPS) is 18.4. The van der Waals surface area contributed by atoms with Gasteiger partial charge in [0.2, 0.25) is 0 Å². The van der Waals surface area contributed by atoms with Gasteiger partial charge in [0.05, 0.1) is 17.7 Å². The summed E-state index contributed by atoms with van der Waals surface area (Å²) in [7, 11) is -0.436. The zero-order valence-electron chi connectivity index (χ0n) is 20.0. The van der Waals surface area contributed by atoms with E-state index in [0.717, 1.165) is 36.3 Å². The van der Waals surface area contributed by atoms with Crippen LogP contribution in [0.4, 0.5) is 5.69 Å². The third kappa shape index (κ3) is 5.27. The summed E-state index contributed by atoms with van der Waals surface area (Å²) in [6.07, 6.45) is 2.17. The minimum Gasteiger partial charge on any atom is -0.496 e. The van der Waals surface area contributed by atoms with Crippen molar-refractivity contribution < 1.29 is 13.2 Å². The standard InChI is InChI=1S/C27H33N3O3S/c1-20-11-14-24(15-12-20)34(31,32)30(2)23-13-16-26(33-3)22(18-23)19-29-25-10-7-17-28-27(25)21-8-5-4-6-9-21/h4-6,8-9,11-16,18,25,27-29H,7,10,17,19H2,1-3H3/t25-,27-/m1/s1. The lowest BCUT2D eigenvalue weighted by molar-refractivity contribution is 0.303. The van der Waals surface area contributed by atoms with Gasteiger partial charge in [-0.15, -0.1) is 0 Å². The molecule has 1 aliphatic rings. The molecule has 0 amide bonds. The Morgan fingerprint density at radius 3 is 2.50 bits per heavy atom. The van der Waals surface area contributed by atoms with Crippen LogP contribution in [0.1, 0.15) is 35.6 Å². The van der Waals surface area contributed by atoms with Gasteiger partial charge in [-0.25, -0.2) is 8.42 Å². The summed E-state index contributed by atoms with van der Waals surface area (Å²) in [4.78, 5) is 0.273. The number of aryl methyl sites for hydroxylation is 1. The molecule has 0 unspecified atom stereocenters. The van der Waals surface area contributed by atoms with E-state index in [1.807, 2.05) is 37.3 Å². The average molecular weight is 480 g/mol. The van der Waals surface area contributed by atoms with E-state index in [1.165, 1.54) is 9.87 Å². The largest absolute Gasteiger partial charge is 0.496 e. The van der Waals surface area contributed by atoms with Gasteiger partial charge in [0, 0.05) is 31.2 Å². The lowest BCUT2D eigenvalue weighted by Crippen LogP contribution is -2.45. The second-order valence-electron chi connectivity index (χ2n) is 8.75. The van der Waals surface area contributed by atoms with E-state index >= 15 is 0 Å². The predicted molar refractivity (Wildman–Crippen MR) is 137 cm³/mol. The topological polar surface area (TPSA) is 70.7 Å². The Kier molecular flexibility index (Phi) is 7.56.